The van der Waals surface area contributed by atoms with Crippen molar-refractivity contribution in [2.45, 2.75) is 25.8 Å². The minimum Gasteiger partial charge on any atom is -0.507 e. The zero-order chi connectivity index (χ0) is 20.1. The Labute approximate surface area is 169 Å². The molecule has 0 saturated heterocycles. The van der Waals surface area contributed by atoms with Crippen LogP contribution >= 0.6 is 0 Å². The van der Waals surface area contributed by atoms with E-state index in [0.717, 1.165) is 27.9 Å². The van der Waals surface area contributed by atoms with Crippen LogP contribution in [0.25, 0.3) is 6.08 Å². The van der Waals surface area contributed by atoms with Crippen LogP contribution in [0.3, 0.4) is 0 Å². The van der Waals surface area contributed by atoms with Crippen molar-refractivity contribution in [3.8, 4) is 5.75 Å². The van der Waals surface area contributed by atoms with Crippen LogP contribution in [0.15, 0.2) is 60.7 Å². The van der Waals surface area contributed by atoms with Gasteiger partial charge in [-0.25, -0.2) is 0 Å². The molecule has 0 saturated carbocycles. The highest BCUT2D eigenvalue weighted by Crippen LogP contribution is 2.50. The molecule has 0 spiro atoms. The molecule has 1 aliphatic carbocycles. The average Bonchev–Trinajstić information content (AvgIpc) is 3.10. The lowest BCUT2D eigenvalue weighted by atomic mass is 9.80. The summed E-state index contributed by atoms with van der Waals surface area (Å²) in [5, 5.41) is 17.3. The molecule has 5 rings (SSSR count). The van der Waals surface area contributed by atoms with Crippen molar-refractivity contribution < 1.29 is 9.90 Å². The molecule has 4 heteroatoms. The SMILES string of the molecule is Cc1ccc(NC(=O)c2cc3c(c(C)c2O)C2Nc4ccccc4C2C=C3)cc1. The molecule has 1 heterocycles. The lowest BCUT2D eigenvalue weighted by Crippen LogP contribution is -2.19. The third kappa shape index (κ3) is 2.80. The first-order valence-electron chi connectivity index (χ1n) is 9.81. The van der Waals surface area contributed by atoms with E-state index in [1.165, 1.54) is 5.56 Å². The first-order chi connectivity index (χ1) is 14.0. The predicted octanol–water partition coefficient (Wildman–Crippen LogP) is 5.54. The number of aryl methyl sites for hydroxylation is 1. The molecule has 0 fully saturated rings. The van der Waals surface area contributed by atoms with Crippen LogP contribution in [0.1, 0.15) is 50.1 Å². The number of amides is 1. The van der Waals surface area contributed by atoms with Crippen LogP contribution in [0.5, 0.6) is 5.75 Å². The number of hydrogen-bond acceptors (Lipinski definition) is 3. The molecule has 0 aromatic heterocycles. The van der Waals surface area contributed by atoms with Gasteiger partial charge in [0.15, 0.2) is 0 Å². The van der Waals surface area contributed by atoms with Crippen LogP contribution in [0, 0.1) is 13.8 Å². The van der Waals surface area contributed by atoms with Gasteiger partial charge in [-0.05, 0) is 60.4 Å². The van der Waals surface area contributed by atoms with Gasteiger partial charge >= 0.3 is 0 Å². The van der Waals surface area contributed by atoms with Crippen molar-refractivity contribution in [2.24, 2.45) is 0 Å². The van der Waals surface area contributed by atoms with E-state index in [0.29, 0.717) is 11.3 Å². The van der Waals surface area contributed by atoms with Crippen molar-refractivity contribution in [1.82, 2.24) is 0 Å². The highest BCUT2D eigenvalue weighted by Gasteiger charge is 2.36. The predicted molar refractivity (Wildman–Crippen MR) is 117 cm³/mol. The zero-order valence-electron chi connectivity index (χ0n) is 16.4. The minimum absolute atomic E-state index is 0.0418. The van der Waals surface area contributed by atoms with Gasteiger partial charge in [0, 0.05) is 17.3 Å². The van der Waals surface area contributed by atoms with Crippen LogP contribution in [0.2, 0.25) is 0 Å². The second-order valence-electron chi connectivity index (χ2n) is 7.81. The quantitative estimate of drug-likeness (QED) is 0.545. The lowest BCUT2D eigenvalue weighted by molar-refractivity contribution is 0.102. The molecular formula is C25H22N2O2. The van der Waals surface area contributed by atoms with Gasteiger partial charge in [-0.15, -0.1) is 0 Å². The fraction of sp³-hybridized carbons (Fsp3) is 0.160. The van der Waals surface area contributed by atoms with Gasteiger partial charge in [0.25, 0.3) is 5.91 Å². The topological polar surface area (TPSA) is 61.4 Å². The van der Waals surface area contributed by atoms with E-state index >= 15 is 0 Å². The van der Waals surface area contributed by atoms with Gasteiger partial charge < -0.3 is 15.7 Å². The lowest BCUT2D eigenvalue weighted by Gasteiger charge is -2.27. The maximum Gasteiger partial charge on any atom is 0.259 e. The number of hydrogen-bond donors (Lipinski definition) is 3. The van der Waals surface area contributed by atoms with E-state index in [1.54, 1.807) is 6.07 Å². The molecule has 3 aromatic rings. The van der Waals surface area contributed by atoms with E-state index in [-0.39, 0.29) is 23.6 Å². The maximum atomic E-state index is 12.9. The molecule has 2 aliphatic rings. The van der Waals surface area contributed by atoms with E-state index in [9.17, 15) is 9.90 Å². The highest BCUT2D eigenvalue weighted by atomic mass is 16.3. The summed E-state index contributed by atoms with van der Waals surface area (Å²) >= 11 is 0. The largest absolute Gasteiger partial charge is 0.507 e. The Morgan fingerprint density at radius 1 is 1.07 bits per heavy atom. The molecule has 2 atom stereocenters. The summed E-state index contributed by atoms with van der Waals surface area (Å²) in [4.78, 5) is 12.9. The van der Waals surface area contributed by atoms with Gasteiger partial charge in [-0.1, -0.05) is 48.0 Å². The van der Waals surface area contributed by atoms with Crippen molar-refractivity contribution >= 4 is 23.4 Å². The summed E-state index contributed by atoms with van der Waals surface area (Å²) < 4.78 is 0. The number of para-hydroxylation sites is 1. The van der Waals surface area contributed by atoms with Crippen molar-refractivity contribution in [2.75, 3.05) is 10.6 Å². The van der Waals surface area contributed by atoms with Crippen LogP contribution in [-0.4, -0.2) is 11.0 Å². The number of carbonyl (C=O) groups is 1. The third-order valence-corrected chi connectivity index (χ3v) is 5.96. The highest BCUT2D eigenvalue weighted by molar-refractivity contribution is 6.07. The molecule has 0 bridgehead atoms. The Bertz CT molecular complexity index is 1160. The average molecular weight is 382 g/mol. The second-order valence-corrected chi connectivity index (χ2v) is 7.81. The molecule has 29 heavy (non-hydrogen) atoms. The van der Waals surface area contributed by atoms with Gasteiger partial charge in [0.05, 0.1) is 11.6 Å². The van der Waals surface area contributed by atoms with E-state index < -0.39 is 0 Å². The molecule has 1 amide bonds. The van der Waals surface area contributed by atoms with Gasteiger partial charge in [0.1, 0.15) is 5.75 Å². The van der Waals surface area contributed by atoms with E-state index in [1.807, 2.05) is 44.2 Å². The van der Waals surface area contributed by atoms with E-state index in [4.69, 9.17) is 0 Å². The van der Waals surface area contributed by atoms with Gasteiger partial charge in [-0.3, -0.25) is 4.79 Å². The number of phenols is 1. The van der Waals surface area contributed by atoms with Gasteiger partial charge in [0.2, 0.25) is 0 Å². The number of aromatic hydroxyl groups is 1. The Morgan fingerprint density at radius 2 is 1.83 bits per heavy atom. The van der Waals surface area contributed by atoms with Crippen LogP contribution < -0.4 is 10.6 Å². The molecule has 144 valence electrons. The Hall–Kier alpha value is -3.53. The summed E-state index contributed by atoms with van der Waals surface area (Å²) in [7, 11) is 0. The van der Waals surface area contributed by atoms with Crippen molar-refractivity contribution in [3.05, 3.63) is 94.1 Å². The Kier molecular flexibility index (Phi) is 3.95. The maximum absolute atomic E-state index is 12.9. The number of fused-ring (bicyclic) bond motifs is 5. The first kappa shape index (κ1) is 17.6. The van der Waals surface area contributed by atoms with Crippen LogP contribution in [0.4, 0.5) is 11.4 Å². The molecule has 4 nitrogen and oxygen atoms in total. The third-order valence-electron chi connectivity index (χ3n) is 5.96. The normalized spacial score (nSPS) is 18.4. The summed E-state index contributed by atoms with van der Waals surface area (Å²) in [6.45, 7) is 3.89. The number of anilines is 2. The number of carbonyl (C=O) groups excluding carboxylic acids is 1. The monoisotopic (exact) mass is 382 g/mol. The van der Waals surface area contributed by atoms with Crippen molar-refractivity contribution in [1.29, 1.82) is 0 Å². The number of phenolic OH excluding ortho intramolecular Hbond substituents is 1. The number of nitrogens with one attached hydrogen (secondary N) is 2. The summed E-state index contributed by atoms with van der Waals surface area (Å²) in [6.07, 6.45) is 4.25. The van der Waals surface area contributed by atoms with Crippen molar-refractivity contribution in [3.63, 3.8) is 0 Å². The fourth-order valence-corrected chi connectivity index (χ4v) is 4.44. The number of benzene rings is 3. The zero-order valence-corrected chi connectivity index (χ0v) is 16.4. The molecule has 3 aromatic carbocycles. The molecular weight excluding hydrogens is 360 g/mol. The van der Waals surface area contributed by atoms with E-state index in [2.05, 4.69) is 41.0 Å². The van der Waals surface area contributed by atoms with Crippen LogP contribution in [-0.2, 0) is 0 Å². The molecule has 1 aliphatic heterocycles. The summed E-state index contributed by atoms with van der Waals surface area (Å²) in [5.41, 5.74) is 7.28. The second kappa shape index (κ2) is 6.52. The van der Waals surface area contributed by atoms with Gasteiger partial charge in [-0.2, -0.15) is 0 Å². The summed E-state index contributed by atoms with van der Waals surface area (Å²) in [5.74, 6) is -0.0420. The molecule has 2 unspecified atom stereocenters. The number of rotatable bonds is 2. The fourth-order valence-electron chi connectivity index (χ4n) is 4.44. The smallest absolute Gasteiger partial charge is 0.259 e. The standard InChI is InChI=1S/C25H22N2O2/c1-14-7-10-17(11-8-14)26-25(29)20-13-16-9-12-19-18-5-3-4-6-21(18)27-23(19)22(16)15(2)24(20)28/h3-13,19,23,27-28H,1-2H3,(H,26,29). The Balaban J connectivity index is 1.52. The molecule has 3 N–H and O–H groups in total. The molecule has 0 radical (unpaired) electrons. The summed E-state index contributed by atoms with van der Waals surface area (Å²) in [6, 6.07) is 17.8. The first-order valence-corrected chi connectivity index (χ1v) is 9.81. The Morgan fingerprint density at radius 3 is 2.62 bits per heavy atom. The minimum atomic E-state index is -0.310.